The van der Waals surface area contributed by atoms with E-state index < -0.39 is 6.04 Å². The first-order valence-corrected chi connectivity index (χ1v) is 8.71. The molecule has 0 saturated carbocycles. The number of anilines is 2. The summed E-state index contributed by atoms with van der Waals surface area (Å²) in [6.45, 7) is 4.30. The van der Waals surface area contributed by atoms with Crippen LogP contribution in [0.2, 0.25) is 0 Å². The van der Waals surface area contributed by atoms with E-state index in [-0.39, 0.29) is 11.9 Å². The Kier molecular flexibility index (Phi) is 5.68. The summed E-state index contributed by atoms with van der Waals surface area (Å²) in [4.78, 5) is 32.8. The van der Waals surface area contributed by atoms with Crippen molar-refractivity contribution < 1.29 is 9.59 Å². The number of nitrogens with one attached hydrogen (secondary N) is 2. The molecule has 2 N–H and O–H groups in total. The molecule has 7 heteroatoms. The molecule has 1 fully saturated rings. The number of nitrogens with zero attached hydrogens (tertiary/aromatic N) is 3. The molecule has 1 aromatic carbocycles. The Morgan fingerprint density at radius 3 is 2.35 bits per heavy atom. The number of carbonyl (C=O) groups is 2. The molecule has 2 heterocycles. The third-order valence-electron chi connectivity index (χ3n) is 4.31. The van der Waals surface area contributed by atoms with Gasteiger partial charge in [-0.05, 0) is 31.2 Å². The molecule has 3 rings (SSSR count). The van der Waals surface area contributed by atoms with Gasteiger partial charge in [0, 0.05) is 38.1 Å². The molecule has 1 aliphatic heterocycles. The van der Waals surface area contributed by atoms with Crippen LogP contribution in [0.25, 0.3) is 0 Å². The van der Waals surface area contributed by atoms with Crippen molar-refractivity contribution in [3.8, 4) is 0 Å². The van der Waals surface area contributed by atoms with Gasteiger partial charge in [0.15, 0.2) is 0 Å². The second kappa shape index (κ2) is 8.33. The molecule has 26 heavy (non-hydrogen) atoms. The Morgan fingerprint density at radius 1 is 1.00 bits per heavy atom. The maximum atomic E-state index is 12.4. The number of para-hydroxylation sites is 1. The zero-order valence-corrected chi connectivity index (χ0v) is 14.8. The first kappa shape index (κ1) is 17.7. The van der Waals surface area contributed by atoms with Gasteiger partial charge in [0.25, 0.3) is 0 Å². The number of carbonyl (C=O) groups excluding carboxylic acids is 2. The largest absolute Gasteiger partial charge is 0.353 e. The van der Waals surface area contributed by atoms with E-state index in [9.17, 15) is 9.59 Å². The number of pyridine rings is 1. The molecule has 0 aliphatic carbocycles. The maximum Gasteiger partial charge on any atom is 0.318 e. The smallest absolute Gasteiger partial charge is 0.318 e. The number of aromatic nitrogens is 1. The van der Waals surface area contributed by atoms with E-state index in [0.29, 0.717) is 18.8 Å². The molecule has 0 radical (unpaired) electrons. The first-order valence-electron chi connectivity index (χ1n) is 8.71. The number of amides is 3. The topological polar surface area (TPSA) is 77.6 Å². The minimum absolute atomic E-state index is 0.221. The molecule has 1 aliphatic rings. The number of urea groups is 1. The molecule has 1 unspecified atom stereocenters. The number of rotatable bonds is 4. The fraction of sp³-hybridized carbons (Fsp3) is 0.316. The van der Waals surface area contributed by atoms with Crippen LogP contribution >= 0.6 is 0 Å². The highest BCUT2D eigenvalue weighted by Crippen LogP contribution is 2.12. The SMILES string of the molecule is CC(NC(=O)N1CCN(c2ccccn2)CC1)C(=O)Nc1ccccc1. The van der Waals surface area contributed by atoms with Crippen LogP contribution in [0.4, 0.5) is 16.3 Å². The number of hydrogen-bond acceptors (Lipinski definition) is 4. The molecule has 136 valence electrons. The van der Waals surface area contributed by atoms with Gasteiger partial charge in [-0.15, -0.1) is 0 Å². The Hall–Kier alpha value is -3.09. The number of hydrogen-bond donors (Lipinski definition) is 2. The summed E-state index contributed by atoms with van der Waals surface area (Å²) in [7, 11) is 0. The van der Waals surface area contributed by atoms with Gasteiger partial charge >= 0.3 is 6.03 Å². The molecule has 0 spiro atoms. The molecule has 3 amide bonds. The van der Waals surface area contributed by atoms with Gasteiger partial charge < -0.3 is 20.4 Å². The van der Waals surface area contributed by atoms with E-state index >= 15 is 0 Å². The molecule has 1 saturated heterocycles. The highest BCUT2D eigenvalue weighted by molar-refractivity contribution is 5.96. The quantitative estimate of drug-likeness (QED) is 0.881. The van der Waals surface area contributed by atoms with Crippen LogP contribution in [-0.2, 0) is 4.79 Å². The van der Waals surface area contributed by atoms with E-state index in [1.165, 1.54) is 0 Å². The lowest BCUT2D eigenvalue weighted by molar-refractivity contribution is -0.117. The van der Waals surface area contributed by atoms with Gasteiger partial charge in [-0.3, -0.25) is 4.79 Å². The molecule has 0 bridgehead atoms. The minimum atomic E-state index is -0.614. The van der Waals surface area contributed by atoms with Crippen molar-refractivity contribution in [2.45, 2.75) is 13.0 Å². The van der Waals surface area contributed by atoms with E-state index in [1.54, 1.807) is 18.0 Å². The maximum absolute atomic E-state index is 12.4. The van der Waals surface area contributed by atoms with Crippen molar-refractivity contribution in [2.75, 3.05) is 36.4 Å². The first-order chi connectivity index (χ1) is 12.6. The normalized spacial score (nSPS) is 15.3. The van der Waals surface area contributed by atoms with Crippen LogP contribution in [0.1, 0.15) is 6.92 Å². The number of piperazine rings is 1. The van der Waals surface area contributed by atoms with Crippen LogP contribution in [-0.4, -0.2) is 54.0 Å². The van der Waals surface area contributed by atoms with Crippen molar-refractivity contribution in [1.29, 1.82) is 0 Å². The highest BCUT2D eigenvalue weighted by Gasteiger charge is 2.24. The second-order valence-electron chi connectivity index (χ2n) is 6.19. The minimum Gasteiger partial charge on any atom is -0.353 e. The van der Waals surface area contributed by atoms with Crippen LogP contribution in [0, 0.1) is 0 Å². The lowest BCUT2D eigenvalue weighted by atomic mass is 10.2. The second-order valence-corrected chi connectivity index (χ2v) is 6.19. The van der Waals surface area contributed by atoms with Crippen molar-refractivity contribution >= 4 is 23.4 Å². The zero-order valence-electron chi connectivity index (χ0n) is 14.8. The molecular formula is C19H23N5O2. The van der Waals surface area contributed by atoms with E-state index in [0.717, 1.165) is 18.9 Å². The van der Waals surface area contributed by atoms with Crippen molar-refractivity contribution in [3.05, 3.63) is 54.7 Å². The van der Waals surface area contributed by atoms with E-state index in [4.69, 9.17) is 0 Å². The van der Waals surface area contributed by atoms with E-state index in [2.05, 4.69) is 20.5 Å². The Bertz CT molecular complexity index is 730. The van der Waals surface area contributed by atoms with Crippen molar-refractivity contribution in [2.24, 2.45) is 0 Å². The molecule has 2 aromatic rings. The Balaban J connectivity index is 1.47. The summed E-state index contributed by atoms with van der Waals surface area (Å²) in [5.41, 5.74) is 0.711. The average Bonchev–Trinajstić information content (AvgIpc) is 2.69. The van der Waals surface area contributed by atoms with Crippen molar-refractivity contribution in [1.82, 2.24) is 15.2 Å². The molecular weight excluding hydrogens is 330 g/mol. The van der Waals surface area contributed by atoms with Gasteiger partial charge in [-0.2, -0.15) is 0 Å². The Labute approximate surface area is 153 Å². The fourth-order valence-electron chi connectivity index (χ4n) is 2.79. The highest BCUT2D eigenvalue weighted by atomic mass is 16.2. The monoisotopic (exact) mass is 353 g/mol. The molecule has 7 nitrogen and oxygen atoms in total. The predicted molar refractivity (Wildman–Crippen MR) is 101 cm³/mol. The van der Waals surface area contributed by atoms with Gasteiger partial charge in [0.1, 0.15) is 11.9 Å². The lowest BCUT2D eigenvalue weighted by Gasteiger charge is -2.35. The predicted octanol–water partition coefficient (Wildman–Crippen LogP) is 1.94. The van der Waals surface area contributed by atoms with Gasteiger partial charge in [0.2, 0.25) is 5.91 Å². The van der Waals surface area contributed by atoms with Crippen LogP contribution in [0.5, 0.6) is 0 Å². The van der Waals surface area contributed by atoms with Crippen LogP contribution < -0.4 is 15.5 Å². The fourth-order valence-corrected chi connectivity index (χ4v) is 2.79. The van der Waals surface area contributed by atoms with Crippen molar-refractivity contribution in [3.63, 3.8) is 0 Å². The van der Waals surface area contributed by atoms with Crippen LogP contribution in [0.3, 0.4) is 0 Å². The van der Waals surface area contributed by atoms with Gasteiger partial charge in [0.05, 0.1) is 0 Å². The summed E-state index contributed by atoms with van der Waals surface area (Å²) in [6, 6.07) is 14.2. The average molecular weight is 353 g/mol. The zero-order chi connectivity index (χ0) is 18.4. The van der Waals surface area contributed by atoms with Gasteiger partial charge in [-0.25, -0.2) is 9.78 Å². The third kappa shape index (κ3) is 4.50. The molecule has 1 atom stereocenters. The third-order valence-corrected chi connectivity index (χ3v) is 4.31. The summed E-state index contributed by atoms with van der Waals surface area (Å²) in [6.07, 6.45) is 1.77. The van der Waals surface area contributed by atoms with Gasteiger partial charge in [-0.1, -0.05) is 24.3 Å². The number of benzene rings is 1. The summed E-state index contributed by atoms with van der Waals surface area (Å²) in [5, 5.41) is 5.55. The standard InChI is InChI=1S/C19H23N5O2/c1-15(18(25)22-16-7-3-2-4-8-16)21-19(26)24-13-11-23(12-14-24)17-9-5-6-10-20-17/h2-10,15H,11-14H2,1H3,(H,21,26)(H,22,25). The van der Waals surface area contributed by atoms with E-state index in [1.807, 2.05) is 48.5 Å². The Morgan fingerprint density at radius 2 is 1.69 bits per heavy atom. The van der Waals surface area contributed by atoms with Crippen LogP contribution in [0.15, 0.2) is 54.7 Å². The molecule has 1 aromatic heterocycles. The summed E-state index contributed by atoms with van der Waals surface area (Å²) in [5.74, 6) is 0.680. The summed E-state index contributed by atoms with van der Waals surface area (Å²) < 4.78 is 0. The summed E-state index contributed by atoms with van der Waals surface area (Å²) >= 11 is 0. The lowest BCUT2D eigenvalue weighted by Crippen LogP contribution is -2.54.